The molecule has 8 heteroatoms. The fourth-order valence-corrected chi connectivity index (χ4v) is 3.41. The van der Waals surface area contributed by atoms with Crippen LogP contribution in [-0.2, 0) is 16.1 Å². The molecule has 3 aromatic rings. The number of hydrogen-bond acceptors (Lipinski definition) is 5. The predicted octanol–water partition coefficient (Wildman–Crippen LogP) is 3.21. The van der Waals surface area contributed by atoms with Crippen LogP contribution in [0, 0.1) is 25.2 Å². The zero-order valence-corrected chi connectivity index (χ0v) is 15.7. The van der Waals surface area contributed by atoms with Crippen molar-refractivity contribution < 1.29 is 14.3 Å². The molecule has 7 nitrogen and oxygen atoms in total. The molecular formula is C19H18N4O3S. The lowest BCUT2D eigenvalue weighted by atomic mass is 10.2. The lowest BCUT2D eigenvalue weighted by Gasteiger charge is -2.12. The summed E-state index contributed by atoms with van der Waals surface area (Å²) in [5, 5.41) is 14.2. The predicted molar refractivity (Wildman–Crippen MR) is 102 cm³/mol. The molecule has 0 saturated heterocycles. The molecule has 0 radical (unpaired) electrons. The minimum Gasteiger partial charge on any atom is -0.451 e. The number of anilines is 1. The van der Waals surface area contributed by atoms with Gasteiger partial charge < -0.3 is 19.6 Å². The van der Waals surface area contributed by atoms with Gasteiger partial charge in [-0.3, -0.25) is 4.79 Å². The molecule has 27 heavy (non-hydrogen) atoms. The second-order valence-corrected chi connectivity index (χ2v) is 6.95. The molecule has 0 aliphatic rings. The summed E-state index contributed by atoms with van der Waals surface area (Å²) in [6.07, 6.45) is 1.60. The Morgan fingerprint density at radius 1 is 1.33 bits per heavy atom. The van der Waals surface area contributed by atoms with Crippen molar-refractivity contribution in [2.45, 2.75) is 20.4 Å². The van der Waals surface area contributed by atoms with Gasteiger partial charge in [0.05, 0.1) is 12.1 Å². The number of thiophene rings is 1. The van der Waals surface area contributed by atoms with Gasteiger partial charge in [-0.25, -0.2) is 4.79 Å². The van der Waals surface area contributed by atoms with E-state index in [2.05, 4.69) is 16.4 Å². The van der Waals surface area contributed by atoms with Gasteiger partial charge in [0, 0.05) is 16.8 Å². The van der Waals surface area contributed by atoms with Gasteiger partial charge in [0.25, 0.3) is 5.91 Å². The summed E-state index contributed by atoms with van der Waals surface area (Å²) in [5.74, 6) is -0.699. The minimum atomic E-state index is -0.614. The van der Waals surface area contributed by atoms with E-state index >= 15 is 0 Å². The Bertz CT molecular complexity index is 995. The number of nitrogens with one attached hydrogen (secondary N) is 2. The number of rotatable bonds is 6. The van der Waals surface area contributed by atoms with Gasteiger partial charge in [-0.2, -0.15) is 5.26 Å². The molecule has 0 unspecified atom stereocenters. The fraction of sp³-hybridized carbons (Fsp3) is 0.211. The third-order valence-corrected chi connectivity index (χ3v) is 5.11. The average molecular weight is 382 g/mol. The van der Waals surface area contributed by atoms with Crippen LogP contribution in [0.5, 0.6) is 0 Å². The molecule has 0 aromatic carbocycles. The zero-order valence-electron chi connectivity index (χ0n) is 14.9. The van der Waals surface area contributed by atoms with E-state index in [1.165, 1.54) is 0 Å². The number of ether oxygens (including phenoxy) is 1. The Kier molecular flexibility index (Phi) is 5.43. The van der Waals surface area contributed by atoms with Crippen LogP contribution in [0.15, 0.2) is 35.8 Å². The Balaban J connectivity index is 1.76. The first-order chi connectivity index (χ1) is 13.0. The summed E-state index contributed by atoms with van der Waals surface area (Å²) in [7, 11) is 0. The monoisotopic (exact) mass is 382 g/mol. The molecule has 3 heterocycles. The highest BCUT2D eigenvalue weighted by atomic mass is 32.1. The van der Waals surface area contributed by atoms with E-state index in [9.17, 15) is 14.9 Å². The molecule has 0 bridgehead atoms. The van der Waals surface area contributed by atoms with Gasteiger partial charge in [0.15, 0.2) is 6.61 Å². The molecule has 0 fully saturated rings. The highest BCUT2D eigenvalue weighted by Gasteiger charge is 2.20. The maximum Gasteiger partial charge on any atom is 0.355 e. The minimum absolute atomic E-state index is 0.272. The van der Waals surface area contributed by atoms with Crippen molar-refractivity contribution in [3.63, 3.8) is 0 Å². The van der Waals surface area contributed by atoms with Crippen molar-refractivity contribution in [3.05, 3.63) is 63.2 Å². The summed E-state index contributed by atoms with van der Waals surface area (Å²) in [5.41, 5.74) is 2.40. The number of hydrogen-bond donors (Lipinski definition) is 2. The lowest BCUT2D eigenvalue weighted by molar-refractivity contribution is -0.119. The number of carbonyl (C=O) groups is 2. The number of amides is 1. The molecule has 1 amide bonds. The van der Waals surface area contributed by atoms with Crippen LogP contribution in [0.4, 0.5) is 5.82 Å². The topological polar surface area (TPSA) is 99.9 Å². The maximum atomic E-state index is 12.3. The summed E-state index contributed by atoms with van der Waals surface area (Å²) >= 11 is 1.60. The Hall–Kier alpha value is -3.31. The van der Waals surface area contributed by atoms with Crippen LogP contribution in [0.1, 0.15) is 32.2 Å². The molecule has 0 aliphatic heterocycles. The van der Waals surface area contributed by atoms with Crippen LogP contribution in [-0.4, -0.2) is 28.0 Å². The number of esters is 1. The van der Waals surface area contributed by atoms with Crippen molar-refractivity contribution in [2.24, 2.45) is 0 Å². The van der Waals surface area contributed by atoms with E-state index in [0.717, 1.165) is 16.1 Å². The molecule has 3 aromatic heterocycles. The van der Waals surface area contributed by atoms with Crippen LogP contribution < -0.4 is 5.32 Å². The molecule has 0 spiro atoms. The summed E-state index contributed by atoms with van der Waals surface area (Å²) in [4.78, 5) is 28.0. The Morgan fingerprint density at radius 3 is 2.78 bits per heavy atom. The van der Waals surface area contributed by atoms with E-state index < -0.39 is 18.5 Å². The van der Waals surface area contributed by atoms with Crippen molar-refractivity contribution in [1.29, 1.82) is 5.26 Å². The van der Waals surface area contributed by atoms with Crippen LogP contribution in [0.25, 0.3) is 0 Å². The summed E-state index contributed by atoms with van der Waals surface area (Å²) in [6, 6.07) is 9.33. The highest BCUT2D eigenvalue weighted by Crippen LogP contribution is 2.28. The van der Waals surface area contributed by atoms with Crippen molar-refractivity contribution in [3.8, 4) is 6.07 Å². The van der Waals surface area contributed by atoms with Gasteiger partial charge in [-0.15, -0.1) is 11.3 Å². The van der Waals surface area contributed by atoms with Crippen LogP contribution >= 0.6 is 11.3 Å². The highest BCUT2D eigenvalue weighted by molar-refractivity contribution is 7.09. The van der Waals surface area contributed by atoms with Crippen LogP contribution in [0.2, 0.25) is 0 Å². The molecule has 0 saturated carbocycles. The number of carbonyl (C=O) groups excluding carboxylic acids is 2. The molecule has 0 aliphatic carbocycles. The number of H-pyrrole nitrogens is 1. The van der Waals surface area contributed by atoms with E-state index in [1.54, 1.807) is 29.7 Å². The number of nitrogens with zero attached hydrogens (tertiary/aromatic N) is 2. The molecule has 3 rings (SSSR count). The quantitative estimate of drug-likeness (QED) is 0.639. The Labute approximate surface area is 160 Å². The lowest BCUT2D eigenvalue weighted by Crippen LogP contribution is -2.23. The van der Waals surface area contributed by atoms with Gasteiger partial charge in [-0.1, -0.05) is 6.07 Å². The summed E-state index contributed by atoms with van der Waals surface area (Å²) in [6.45, 7) is 3.86. The number of nitriles is 1. The van der Waals surface area contributed by atoms with E-state index in [1.807, 2.05) is 35.9 Å². The average Bonchev–Trinajstić information content (AvgIpc) is 3.40. The van der Waals surface area contributed by atoms with E-state index in [0.29, 0.717) is 17.9 Å². The first-order valence-electron chi connectivity index (χ1n) is 8.23. The van der Waals surface area contributed by atoms with E-state index in [-0.39, 0.29) is 5.69 Å². The zero-order chi connectivity index (χ0) is 19.4. The standard InChI is InChI=1S/C19H18N4O3S/c1-12-13(2)23(10-14-5-4-8-27-14)18(15(12)9-20)22-17(24)11-26-19(25)16-6-3-7-21-16/h3-8,21H,10-11H2,1-2H3,(H,22,24). The molecule has 138 valence electrons. The van der Waals surface area contributed by atoms with Crippen molar-refractivity contribution >= 4 is 29.0 Å². The second-order valence-electron chi connectivity index (χ2n) is 5.92. The first kappa shape index (κ1) is 18.5. The number of aromatic nitrogens is 2. The smallest absolute Gasteiger partial charge is 0.355 e. The van der Waals surface area contributed by atoms with Gasteiger partial charge >= 0.3 is 5.97 Å². The largest absolute Gasteiger partial charge is 0.451 e. The normalized spacial score (nSPS) is 10.4. The van der Waals surface area contributed by atoms with Crippen LogP contribution in [0.3, 0.4) is 0 Å². The number of aromatic amines is 1. The first-order valence-corrected chi connectivity index (χ1v) is 9.11. The van der Waals surface area contributed by atoms with E-state index in [4.69, 9.17) is 4.74 Å². The Morgan fingerprint density at radius 2 is 2.15 bits per heavy atom. The molecule has 2 N–H and O–H groups in total. The third kappa shape index (κ3) is 3.93. The van der Waals surface area contributed by atoms with Crippen molar-refractivity contribution in [2.75, 3.05) is 11.9 Å². The van der Waals surface area contributed by atoms with Crippen molar-refractivity contribution in [1.82, 2.24) is 9.55 Å². The SMILES string of the molecule is Cc1c(C#N)c(NC(=O)COC(=O)c2ccc[nH]2)n(Cc2cccs2)c1C. The van der Waals surface area contributed by atoms with Gasteiger partial charge in [0.2, 0.25) is 0 Å². The molecule has 0 atom stereocenters. The molecular weight excluding hydrogens is 364 g/mol. The third-order valence-electron chi connectivity index (χ3n) is 4.25. The fourth-order valence-electron chi connectivity index (χ4n) is 2.72. The summed E-state index contributed by atoms with van der Waals surface area (Å²) < 4.78 is 6.90. The second kappa shape index (κ2) is 7.93. The van der Waals surface area contributed by atoms with Gasteiger partial charge in [-0.05, 0) is 43.0 Å². The van der Waals surface area contributed by atoms with Gasteiger partial charge in [0.1, 0.15) is 17.6 Å². The maximum absolute atomic E-state index is 12.3.